The fourth-order valence-corrected chi connectivity index (χ4v) is 1.54. The van der Waals surface area contributed by atoms with Crippen LogP contribution in [-0.2, 0) is 0 Å². The van der Waals surface area contributed by atoms with Gasteiger partial charge >= 0.3 is 6.61 Å². The average molecular weight is 283 g/mol. The lowest BCUT2D eigenvalue weighted by atomic mass is 10.2. The second-order valence-electron chi connectivity index (χ2n) is 3.68. The van der Waals surface area contributed by atoms with E-state index in [0.717, 1.165) is 0 Å². The summed E-state index contributed by atoms with van der Waals surface area (Å²) < 4.78 is 38.7. The van der Waals surface area contributed by atoms with E-state index in [1.807, 2.05) is 0 Å². The zero-order valence-electron chi connectivity index (χ0n) is 10.4. The van der Waals surface area contributed by atoms with Crippen LogP contribution in [0.15, 0.2) is 41.0 Å². The van der Waals surface area contributed by atoms with Gasteiger partial charge in [-0.05, 0) is 24.3 Å². The fraction of sp³-hybridized carbons (Fsp3) is 0.154. The predicted molar refractivity (Wildman–Crippen MR) is 66.3 cm³/mol. The van der Waals surface area contributed by atoms with Crippen molar-refractivity contribution in [1.29, 1.82) is 0 Å². The van der Waals surface area contributed by atoms with Crippen LogP contribution in [0.5, 0.6) is 11.5 Å². The maximum Gasteiger partial charge on any atom is 0.387 e. The van der Waals surface area contributed by atoms with Crippen molar-refractivity contribution in [2.75, 3.05) is 12.4 Å². The number of benzene rings is 1. The highest BCUT2D eigenvalue weighted by Crippen LogP contribution is 2.31. The van der Waals surface area contributed by atoms with Gasteiger partial charge in [-0.3, -0.25) is 4.79 Å². The van der Waals surface area contributed by atoms with Gasteiger partial charge in [-0.1, -0.05) is 0 Å². The number of halogens is 2. The molecule has 0 fully saturated rings. The van der Waals surface area contributed by atoms with Crippen LogP contribution < -0.4 is 14.8 Å². The maximum atomic E-state index is 12.3. The number of hydrogen-bond acceptors (Lipinski definition) is 4. The first-order valence-electron chi connectivity index (χ1n) is 5.58. The zero-order chi connectivity index (χ0) is 14.5. The number of alkyl halides is 2. The minimum atomic E-state index is -2.99. The van der Waals surface area contributed by atoms with Crippen LogP contribution in [0.2, 0.25) is 0 Å². The molecular formula is C13H11F2NO4. The van der Waals surface area contributed by atoms with Crippen molar-refractivity contribution >= 4 is 11.6 Å². The molecule has 0 saturated carbocycles. The van der Waals surface area contributed by atoms with Crippen molar-refractivity contribution < 1.29 is 27.5 Å². The lowest BCUT2D eigenvalue weighted by Gasteiger charge is -2.11. The quantitative estimate of drug-likeness (QED) is 0.915. The molecule has 106 valence electrons. The molecule has 20 heavy (non-hydrogen) atoms. The van der Waals surface area contributed by atoms with Gasteiger partial charge in [0.05, 0.1) is 13.4 Å². The second-order valence-corrected chi connectivity index (χ2v) is 3.68. The molecule has 0 spiro atoms. The molecular weight excluding hydrogens is 272 g/mol. The van der Waals surface area contributed by atoms with Gasteiger partial charge in [0.1, 0.15) is 0 Å². The van der Waals surface area contributed by atoms with E-state index < -0.39 is 12.5 Å². The van der Waals surface area contributed by atoms with Crippen molar-refractivity contribution in [3.63, 3.8) is 0 Å². The molecule has 0 aliphatic carbocycles. The molecule has 1 aromatic heterocycles. The molecule has 1 amide bonds. The third-order valence-electron chi connectivity index (χ3n) is 2.38. The van der Waals surface area contributed by atoms with Crippen molar-refractivity contribution in [2.45, 2.75) is 6.61 Å². The Bertz CT molecular complexity index is 584. The van der Waals surface area contributed by atoms with Crippen LogP contribution >= 0.6 is 0 Å². The lowest BCUT2D eigenvalue weighted by Crippen LogP contribution is -2.11. The molecule has 2 rings (SSSR count). The summed E-state index contributed by atoms with van der Waals surface area (Å²) in [6.45, 7) is -2.99. The molecule has 0 bridgehead atoms. The SMILES string of the molecule is COc1ccc(NC(=O)c2ccco2)cc1OC(F)F. The van der Waals surface area contributed by atoms with E-state index in [-0.39, 0.29) is 22.9 Å². The van der Waals surface area contributed by atoms with Gasteiger partial charge in [0.15, 0.2) is 17.3 Å². The fourth-order valence-electron chi connectivity index (χ4n) is 1.54. The molecule has 0 saturated heterocycles. The molecule has 1 N–H and O–H groups in total. The monoisotopic (exact) mass is 283 g/mol. The summed E-state index contributed by atoms with van der Waals surface area (Å²) in [5.41, 5.74) is 0.280. The minimum absolute atomic E-state index is 0.108. The zero-order valence-corrected chi connectivity index (χ0v) is 10.4. The normalized spacial score (nSPS) is 10.4. The predicted octanol–water partition coefficient (Wildman–Crippen LogP) is 3.14. The van der Waals surface area contributed by atoms with E-state index in [1.54, 1.807) is 6.07 Å². The van der Waals surface area contributed by atoms with Gasteiger partial charge in [0, 0.05) is 11.8 Å². The summed E-state index contributed by atoms with van der Waals surface area (Å²) in [5, 5.41) is 2.50. The Morgan fingerprint density at radius 3 is 2.70 bits per heavy atom. The Morgan fingerprint density at radius 2 is 2.10 bits per heavy atom. The summed E-state index contributed by atoms with van der Waals surface area (Å²) in [6, 6.07) is 7.20. The second kappa shape index (κ2) is 6.05. The third-order valence-corrected chi connectivity index (χ3v) is 2.38. The highest BCUT2D eigenvalue weighted by Gasteiger charge is 2.14. The standard InChI is InChI=1S/C13H11F2NO4/c1-18-9-5-4-8(7-11(9)20-13(14)15)16-12(17)10-3-2-6-19-10/h2-7,13H,1H3,(H,16,17). The number of hydrogen-bond donors (Lipinski definition) is 1. The summed E-state index contributed by atoms with van der Waals surface area (Å²) in [4.78, 5) is 11.7. The number of nitrogens with one attached hydrogen (secondary N) is 1. The number of methoxy groups -OCH3 is 1. The van der Waals surface area contributed by atoms with Crippen LogP contribution in [0.3, 0.4) is 0 Å². The molecule has 7 heteroatoms. The van der Waals surface area contributed by atoms with Crippen molar-refractivity contribution in [3.05, 3.63) is 42.4 Å². The molecule has 0 radical (unpaired) electrons. The Kier molecular flexibility index (Phi) is 4.19. The van der Waals surface area contributed by atoms with Gasteiger partial charge in [0.25, 0.3) is 5.91 Å². The maximum absolute atomic E-state index is 12.3. The lowest BCUT2D eigenvalue weighted by molar-refractivity contribution is -0.0511. The van der Waals surface area contributed by atoms with E-state index in [4.69, 9.17) is 9.15 Å². The van der Waals surface area contributed by atoms with E-state index >= 15 is 0 Å². The van der Waals surface area contributed by atoms with Crippen molar-refractivity contribution in [1.82, 2.24) is 0 Å². The minimum Gasteiger partial charge on any atom is -0.493 e. The number of carbonyl (C=O) groups excluding carboxylic acids is 1. The number of rotatable bonds is 5. The topological polar surface area (TPSA) is 60.7 Å². The van der Waals surface area contributed by atoms with Crippen LogP contribution in [0.1, 0.15) is 10.6 Å². The summed E-state index contributed by atoms with van der Waals surface area (Å²) in [7, 11) is 1.33. The Balaban J connectivity index is 2.18. The highest BCUT2D eigenvalue weighted by molar-refractivity contribution is 6.02. The van der Waals surface area contributed by atoms with E-state index in [9.17, 15) is 13.6 Å². The van der Waals surface area contributed by atoms with E-state index in [0.29, 0.717) is 0 Å². The summed E-state index contributed by atoms with van der Waals surface area (Å²) >= 11 is 0. The van der Waals surface area contributed by atoms with Gasteiger partial charge in [-0.2, -0.15) is 8.78 Å². The number of ether oxygens (including phenoxy) is 2. The number of carbonyl (C=O) groups is 1. The van der Waals surface area contributed by atoms with Crippen molar-refractivity contribution in [3.8, 4) is 11.5 Å². The van der Waals surface area contributed by atoms with Crippen LogP contribution in [0, 0.1) is 0 Å². The van der Waals surface area contributed by atoms with Gasteiger partial charge < -0.3 is 19.2 Å². The number of anilines is 1. The van der Waals surface area contributed by atoms with Crippen LogP contribution in [0.25, 0.3) is 0 Å². The molecule has 0 unspecified atom stereocenters. The van der Waals surface area contributed by atoms with Crippen molar-refractivity contribution in [2.24, 2.45) is 0 Å². The Labute approximate surface area is 113 Å². The average Bonchev–Trinajstić information content (AvgIpc) is 2.92. The first kappa shape index (κ1) is 13.9. The largest absolute Gasteiger partial charge is 0.493 e. The molecule has 0 aliphatic heterocycles. The van der Waals surface area contributed by atoms with Gasteiger partial charge in [0.2, 0.25) is 0 Å². The van der Waals surface area contributed by atoms with Gasteiger partial charge in [-0.15, -0.1) is 0 Å². The third kappa shape index (κ3) is 3.25. The summed E-state index contributed by atoms with van der Waals surface area (Å²) in [6.07, 6.45) is 1.36. The van der Waals surface area contributed by atoms with E-state index in [1.165, 1.54) is 37.6 Å². The first-order chi connectivity index (χ1) is 9.60. The first-order valence-corrected chi connectivity index (χ1v) is 5.58. The molecule has 2 aromatic rings. The van der Waals surface area contributed by atoms with Crippen LogP contribution in [0.4, 0.5) is 14.5 Å². The van der Waals surface area contributed by atoms with Crippen LogP contribution in [-0.4, -0.2) is 19.6 Å². The summed E-state index contributed by atoms with van der Waals surface area (Å²) in [5.74, 6) is -0.415. The molecule has 1 aromatic carbocycles. The van der Waals surface area contributed by atoms with E-state index in [2.05, 4.69) is 10.1 Å². The number of furan rings is 1. The highest BCUT2D eigenvalue weighted by atomic mass is 19.3. The molecule has 0 atom stereocenters. The Hall–Kier alpha value is -2.57. The Morgan fingerprint density at radius 1 is 1.30 bits per heavy atom. The van der Waals surface area contributed by atoms with Gasteiger partial charge in [-0.25, -0.2) is 0 Å². The molecule has 0 aliphatic rings. The number of amides is 1. The molecule has 1 heterocycles. The molecule has 5 nitrogen and oxygen atoms in total. The smallest absolute Gasteiger partial charge is 0.387 e.